The van der Waals surface area contributed by atoms with Crippen molar-refractivity contribution in [3.05, 3.63) is 34.9 Å². The van der Waals surface area contributed by atoms with Crippen molar-refractivity contribution in [2.24, 2.45) is 0 Å². The van der Waals surface area contributed by atoms with Gasteiger partial charge in [-0.3, -0.25) is 0 Å². The van der Waals surface area contributed by atoms with Crippen molar-refractivity contribution in [3.8, 4) is 5.75 Å². The molecule has 1 heteroatoms. The molecule has 0 bridgehead atoms. The molecule has 1 rings (SSSR count). The third-order valence-electron chi connectivity index (χ3n) is 3.75. The molecule has 1 aromatic rings. The zero-order valence-electron chi connectivity index (χ0n) is 16.6. The first-order valence-electron chi connectivity index (χ1n) is 8.84. The molecule has 0 fully saturated rings. The largest absolute Gasteiger partial charge is 0.496 e. The summed E-state index contributed by atoms with van der Waals surface area (Å²) in [6.07, 6.45) is 6.36. The van der Waals surface area contributed by atoms with Crippen LogP contribution in [0.25, 0.3) is 6.08 Å². The van der Waals surface area contributed by atoms with E-state index < -0.39 is 0 Å². The molecule has 1 aromatic carbocycles. The van der Waals surface area contributed by atoms with Gasteiger partial charge in [-0.1, -0.05) is 73.6 Å². The van der Waals surface area contributed by atoms with Gasteiger partial charge in [-0.25, -0.2) is 0 Å². The molecule has 0 aliphatic carbocycles. The third kappa shape index (κ3) is 6.25. The van der Waals surface area contributed by atoms with Gasteiger partial charge in [0.05, 0.1) is 7.11 Å². The average molecular weight is 307 g/mol. The molecule has 1 nitrogen and oxygen atoms in total. The van der Waals surface area contributed by atoms with E-state index in [0.29, 0.717) is 0 Å². The minimum Gasteiger partial charge on any atom is -0.496 e. The summed E-state index contributed by atoms with van der Waals surface area (Å²) in [4.78, 5) is 0. The summed E-state index contributed by atoms with van der Waals surface area (Å²) < 4.78 is 5.67. The summed E-state index contributed by atoms with van der Waals surface area (Å²) in [5.74, 6) is 1.03. The fourth-order valence-electron chi connectivity index (χ4n) is 2.14. The number of hydrogen-bond acceptors (Lipinski definition) is 1. The molecule has 0 unspecified atom stereocenters. The fourth-order valence-corrected chi connectivity index (χ4v) is 2.14. The Morgan fingerprint density at radius 3 is 1.95 bits per heavy atom. The van der Waals surface area contributed by atoms with Crippen LogP contribution < -0.4 is 4.74 Å². The van der Waals surface area contributed by atoms with Crippen LogP contribution in [-0.2, 0) is 11.8 Å². The number of hydrogen-bond donors (Lipinski definition) is 0. The Balaban J connectivity index is 0. The van der Waals surface area contributed by atoms with Crippen molar-refractivity contribution >= 4 is 6.08 Å². The van der Waals surface area contributed by atoms with Crippen LogP contribution in [0, 0.1) is 0 Å². The minimum absolute atomic E-state index is 0.146. The van der Waals surface area contributed by atoms with Crippen LogP contribution in [0.15, 0.2) is 18.2 Å². The first-order chi connectivity index (χ1) is 10.5. The van der Waals surface area contributed by atoms with E-state index in [1.165, 1.54) is 16.7 Å². The standard InChI is InChI=1S/C17H26O.2C2H6/c1-7-10-14-11-13(8-2)12-15(16(14)18-6)17(4,5)9-3;2*1-2/h7,10-12H,8-9H2,1-6H3;2*1-2H3/b10-7-;;. The molecule has 22 heavy (non-hydrogen) atoms. The van der Waals surface area contributed by atoms with E-state index in [0.717, 1.165) is 18.6 Å². The molecule has 0 saturated heterocycles. The monoisotopic (exact) mass is 306 g/mol. The van der Waals surface area contributed by atoms with Crippen molar-refractivity contribution in [2.75, 3.05) is 7.11 Å². The van der Waals surface area contributed by atoms with E-state index in [4.69, 9.17) is 4.74 Å². The second-order valence-corrected chi connectivity index (χ2v) is 5.36. The summed E-state index contributed by atoms with van der Waals surface area (Å²) in [5, 5.41) is 0. The minimum atomic E-state index is 0.146. The van der Waals surface area contributed by atoms with Crippen molar-refractivity contribution in [1.29, 1.82) is 0 Å². The summed E-state index contributed by atoms with van der Waals surface area (Å²) >= 11 is 0. The van der Waals surface area contributed by atoms with Gasteiger partial charge in [0.2, 0.25) is 0 Å². The highest BCUT2D eigenvalue weighted by molar-refractivity contribution is 5.62. The number of ether oxygens (including phenoxy) is 1. The first kappa shape index (κ1) is 23.0. The van der Waals surface area contributed by atoms with Crippen LogP contribution in [0.4, 0.5) is 0 Å². The molecule has 0 N–H and O–H groups in total. The maximum Gasteiger partial charge on any atom is 0.129 e. The number of allylic oxidation sites excluding steroid dienone is 1. The van der Waals surface area contributed by atoms with Gasteiger partial charge in [0, 0.05) is 11.1 Å². The van der Waals surface area contributed by atoms with Crippen LogP contribution in [-0.4, -0.2) is 7.11 Å². The maximum absolute atomic E-state index is 5.67. The molecular formula is C21H38O. The molecule has 0 radical (unpaired) electrons. The van der Waals surface area contributed by atoms with Gasteiger partial charge in [-0.2, -0.15) is 0 Å². The second kappa shape index (κ2) is 12.3. The van der Waals surface area contributed by atoms with Crippen molar-refractivity contribution in [2.45, 2.75) is 80.6 Å². The highest BCUT2D eigenvalue weighted by Gasteiger charge is 2.24. The average Bonchev–Trinajstić information content (AvgIpc) is 2.58. The van der Waals surface area contributed by atoms with E-state index in [1.807, 2.05) is 34.6 Å². The van der Waals surface area contributed by atoms with Gasteiger partial charge < -0.3 is 4.74 Å². The van der Waals surface area contributed by atoms with E-state index >= 15 is 0 Å². The number of methoxy groups -OCH3 is 1. The quantitative estimate of drug-likeness (QED) is 0.567. The molecular weight excluding hydrogens is 268 g/mol. The Kier molecular flexibility index (Phi) is 12.9. The summed E-state index contributed by atoms with van der Waals surface area (Å²) in [6.45, 7) is 19.0. The lowest BCUT2D eigenvalue weighted by molar-refractivity contribution is 0.388. The van der Waals surface area contributed by atoms with Gasteiger partial charge >= 0.3 is 0 Å². The lowest BCUT2D eigenvalue weighted by atomic mass is 9.79. The summed E-state index contributed by atoms with van der Waals surface area (Å²) in [6, 6.07) is 4.53. The van der Waals surface area contributed by atoms with Crippen molar-refractivity contribution in [3.63, 3.8) is 0 Å². The third-order valence-corrected chi connectivity index (χ3v) is 3.75. The van der Waals surface area contributed by atoms with E-state index in [2.05, 4.69) is 52.0 Å². The van der Waals surface area contributed by atoms with Gasteiger partial charge in [0.15, 0.2) is 0 Å². The normalized spacial score (nSPS) is 10.5. The van der Waals surface area contributed by atoms with Gasteiger partial charge in [-0.15, -0.1) is 0 Å². The molecule has 0 aliphatic heterocycles. The Hall–Kier alpha value is -1.24. The Bertz CT molecular complexity index is 428. The SMILES string of the molecule is C/C=C\c1cc(CC)cc(C(C)(C)CC)c1OC.CC.CC. The zero-order valence-corrected chi connectivity index (χ0v) is 16.6. The smallest absolute Gasteiger partial charge is 0.129 e. The number of aryl methyl sites for hydroxylation is 1. The summed E-state index contributed by atoms with van der Waals surface area (Å²) in [5.41, 5.74) is 4.03. The van der Waals surface area contributed by atoms with Crippen molar-refractivity contribution < 1.29 is 4.74 Å². The first-order valence-corrected chi connectivity index (χ1v) is 8.84. The molecule has 0 aromatic heterocycles. The van der Waals surface area contributed by atoms with E-state index in [1.54, 1.807) is 7.11 Å². The van der Waals surface area contributed by atoms with Crippen LogP contribution in [0.5, 0.6) is 5.75 Å². The lowest BCUT2D eigenvalue weighted by Gasteiger charge is -2.27. The topological polar surface area (TPSA) is 9.23 Å². The lowest BCUT2D eigenvalue weighted by Crippen LogP contribution is -2.17. The predicted octanol–water partition coefficient (Wildman–Crippen LogP) is 7.03. The van der Waals surface area contributed by atoms with Crippen molar-refractivity contribution in [1.82, 2.24) is 0 Å². The summed E-state index contributed by atoms with van der Waals surface area (Å²) in [7, 11) is 1.77. The molecule has 128 valence electrons. The molecule has 0 atom stereocenters. The maximum atomic E-state index is 5.67. The van der Waals surface area contributed by atoms with Crippen LogP contribution in [0.2, 0.25) is 0 Å². The van der Waals surface area contributed by atoms with Gasteiger partial charge in [0.1, 0.15) is 5.75 Å². The Morgan fingerprint density at radius 1 is 1.05 bits per heavy atom. The second-order valence-electron chi connectivity index (χ2n) is 5.36. The Morgan fingerprint density at radius 2 is 1.59 bits per heavy atom. The fraction of sp³-hybridized carbons (Fsp3) is 0.619. The van der Waals surface area contributed by atoms with Gasteiger partial charge in [-0.05, 0) is 36.8 Å². The molecule has 0 saturated carbocycles. The zero-order chi connectivity index (χ0) is 17.8. The molecule has 0 aliphatic rings. The van der Waals surface area contributed by atoms with Crippen LogP contribution >= 0.6 is 0 Å². The van der Waals surface area contributed by atoms with E-state index in [9.17, 15) is 0 Å². The predicted molar refractivity (Wildman–Crippen MR) is 103 cm³/mol. The van der Waals surface area contributed by atoms with E-state index in [-0.39, 0.29) is 5.41 Å². The molecule has 0 heterocycles. The Labute approximate surface area is 139 Å². The van der Waals surface area contributed by atoms with Gasteiger partial charge in [0.25, 0.3) is 0 Å². The highest BCUT2D eigenvalue weighted by Crippen LogP contribution is 2.38. The van der Waals surface area contributed by atoms with Crippen LogP contribution in [0.1, 0.15) is 85.4 Å². The number of rotatable bonds is 5. The number of benzene rings is 1. The molecule has 0 amide bonds. The molecule has 0 spiro atoms. The highest BCUT2D eigenvalue weighted by atomic mass is 16.5. The van der Waals surface area contributed by atoms with Crippen LogP contribution in [0.3, 0.4) is 0 Å².